The molecule has 0 fully saturated rings. The van der Waals surface area contributed by atoms with Gasteiger partial charge in [0.05, 0.1) is 25.0 Å². The Bertz CT molecular complexity index is 930. The molecule has 1 aliphatic heterocycles. The molecule has 0 aliphatic carbocycles. The van der Waals surface area contributed by atoms with Gasteiger partial charge in [0, 0.05) is 16.7 Å². The summed E-state index contributed by atoms with van der Waals surface area (Å²) in [6.07, 6.45) is 3.48. The van der Waals surface area contributed by atoms with Gasteiger partial charge in [-0.2, -0.15) is 0 Å². The van der Waals surface area contributed by atoms with Crippen molar-refractivity contribution in [1.82, 2.24) is 9.97 Å². The van der Waals surface area contributed by atoms with Crippen molar-refractivity contribution in [2.45, 2.75) is 43.9 Å². The highest BCUT2D eigenvalue weighted by molar-refractivity contribution is 8.15. The van der Waals surface area contributed by atoms with Crippen LogP contribution in [0.15, 0.2) is 35.6 Å². The molecule has 1 aliphatic rings. The molecule has 0 bridgehead atoms. The molecule has 2 aromatic rings. The van der Waals surface area contributed by atoms with E-state index in [9.17, 15) is 9.18 Å². The summed E-state index contributed by atoms with van der Waals surface area (Å²) < 4.78 is 19.5. The van der Waals surface area contributed by atoms with Gasteiger partial charge in [0.1, 0.15) is 11.5 Å². The molecule has 6 nitrogen and oxygen atoms in total. The number of aliphatic imine (C=N–C) groups is 1. The van der Waals surface area contributed by atoms with Crippen LogP contribution in [0.2, 0.25) is 0 Å². The first kappa shape index (κ1) is 20.3. The first-order chi connectivity index (χ1) is 13.1. The highest BCUT2D eigenvalue weighted by Crippen LogP contribution is 2.45. The quantitative estimate of drug-likeness (QED) is 0.770. The van der Waals surface area contributed by atoms with Gasteiger partial charge in [-0.15, -0.1) is 0 Å². The molecule has 2 heterocycles. The Hall–Kier alpha value is -2.48. The maximum Gasteiger partial charge on any atom is 0.232 e. The lowest BCUT2D eigenvalue weighted by Gasteiger charge is -2.39. The van der Waals surface area contributed by atoms with Crippen molar-refractivity contribution in [3.05, 3.63) is 53.2 Å². The fourth-order valence-electron chi connectivity index (χ4n) is 3.55. The minimum atomic E-state index is -0.790. The van der Waals surface area contributed by atoms with Gasteiger partial charge in [-0.05, 0) is 31.0 Å². The van der Waals surface area contributed by atoms with Crippen LogP contribution in [-0.2, 0) is 12.0 Å². The van der Waals surface area contributed by atoms with Crippen molar-refractivity contribution in [3.63, 3.8) is 0 Å². The molecule has 1 aromatic heterocycles. The molecule has 0 unspecified atom stereocenters. The van der Waals surface area contributed by atoms with E-state index in [1.165, 1.54) is 37.3 Å². The molecule has 0 saturated heterocycles. The Kier molecular flexibility index (Phi) is 5.43. The Labute approximate surface area is 167 Å². The predicted octanol–water partition coefficient (Wildman–Crippen LogP) is 3.50. The monoisotopic (exact) mass is 402 g/mol. The first-order valence-corrected chi connectivity index (χ1v) is 9.66. The Balaban J connectivity index is 1.89. The van der Waals surface area contributed by atoms with E-state index >= 15 is 0 Å². The summed E-state index contributed by atoms with van der Waals surface area (Å²) >= 11 is 1.49. The van der Waals surface area contributed by atoms with E-state index in [0.29, 0.717) is 28.6 Å². The average Bonchev–Trinajstić information content (AvgIpc) is 2.61. The van der Waals surface area contributed by atoms with Crippen molar-refractivity contribution in [1.29, 1.82) is 0 Å². The molecule has 0 radical (unpaired) electrons. The molecule has 0 amide bonds. The van der Waals surface area contributed by atoms with E-state index < -0.39 is 5.54 Å². The maximum atomic E-state index is 14.7. The van der Waals surface area contributed by atoms with Gasteiger partial charge in [-0.3, -0.25) is 9.79 Å². The standard InChI is InChI=1S/C20H23FN4O2S/c1-19(2)11-20(3,25-18(22)28-19)13-7-12(5-6-14(13)21)8-16(26)15-9-24-17(27-4)10-23-15/h5-7,9-10H,8,11H2,1-4H3,(H2,22,25)/t20-/m0/s1. The fraction of sp³-hybridized carbons (Fsp3) is 0.400. The van der Waals surface area contributed by atoms with Crippen molar-refractivity contribution in [2.75, 3.05) is 7.11 Å². The van der Waals surface area contributed by atoms with E-state index in [1.807, 2.05) is 6.92 Å². The number of carbonyl (C=O) groups is 1. The Morgan fingerprint density at radius 2 is 2.04 bits per heavy atom. The minimum absolute atomic E-state index is 0.0850. The number of benzene rings is 1. The molecule has 1 aromatic carbocycles. The van der Waals surface area contributed by atoms with E-state index in [1.54, 1.807) is 12.1 Å². The van der Waals surface area contributed by atoms with Gasteiger partial charge in [-0.25, -0.2) is 14.4 Å². The molecular weight excluding hydrogens is 379 g/mol. The molecule has 1 atom stereocenters. The third kappa shape index (κ3) is 4.32. The van der Waals surface area contributed by atoms with Crippen LogP contribution in [0.4, 0.5) is 4.39 Å². The minimum Gasteiger partial charge on any atom is -0.480 e. The van der Waals surface area contributed by atoms with E-state index in [2.05, 4.69) is 28.8 Å². The molecule has 0 spiro atoms. The van der Waals surface area contributed by atoms with Gasteiger partial charge in [0.25, 0.3) is 0 Å². The molecule has 28 heavy (non-hydrogen) atoms. The molecule has 148 valence electrons. The van der Waals surface area contributed by atoms with Gasteiger partial charge in [0.2, 0.25) is 5.88 Å². The lowest BCUT2D eigenvalue weighted by Crippen LogP contribution is -2.38. The molecular formula is C20H23FN4O2S. The van der Waals surface area contributed by atoms with Crippen LogP contribution in [0.3, 0.4) is 0 Å². The summed E-state index contributed by atoms with van der Waals surface area (Å²) in [5.74, 6) is -0.232. The summed E-state index contributed by atoms with van der Waals surface area (Å²) in [5, 5.41) is 0.438. The first-order valence-electron chi connectivity index (χ1n) is 8.84. The predicted molar refractivity (Wildman–Crippen MR) is 108 cm³/mol. The lowest BCUT2D eigenvalue weighted by molar-refractivity contribution is 0.0987. The van der Waals surface area contributed by atoms with Gasteiger partial charge < -0.3 is 10.5 Å². The Morgan fingerprint density at radius 3 is 2.64 bits per heavy atom. The smallest absolute Gasteiger partial charge is 0.232 e. The number of hydrogen-bond donors (Lipinski definition) is 1. The van der Waals surface area contributed by atoms with Crippen LogP contribution in [0.25, 0.3) is 0 Å². The number of amidine groups is 1. The van der Waals surface area contributed by atoms with Crippen LogP contribution in [0.1, 0.15) is 48.8 Å². The SMILES string of the molecule is COc1cnc(C(=O)Cc2ccc(F)c([C@]3(C)CC(C)(C)SC(N)=N3)c2)cn1. The molecule has 3 rings (SSSR count). The number of ether oxygens (including phenoxy) is 1. The zero-order chi connectivity index (χ0) is 20.5. The number of carbonyl (C=O) groups excluding carboxylic acids is 1. The van der Waals surface area contributed by atoms with Crippen LogP contribution < -0.4 is 10.5 Å². The fourth-order valence-corrected chi connectivity index (χ4v) is 4.71. The number of nitrogens with two attached hydrogens (primary N) is 1. The molecule has 0 saturated carbocycles. The highest BCUT2D eigenvalue weighted by Gasteiger charge is 2.40. The van der Waals surface area contributed by atoms with Crippen molar-refractivity contribution in [2.24, 2.45) is 10.7 Å². The third-order valence-electron chi connectivity index (χ3n) is 4.61. The van der Waals surface area contributed by atoms with Gasteiger partial charge in [-0.1, -0.05) is 31.7 Å². The number of Topliss-reactive ketones (excluding diaryl/α,β-unsaturated/α-hetero) is 1. The van der Waals surface area contributed by atoms with Gasteiger partial charge in [0.15, 0.2) is 11.0 Å². The van der Waals surface area contributed by atoms with Gasteiger partial charge >= 0.3 is 0 Å². The maximum absolute atomic E-state index is 14.7. The van der Waals surface area contributed by atoms with Crippen LogP contribution in [0, 0.1) is 5.82 Å². The summed E-state index contributed by atoms with van der Waals surface area (Å²) in [7, 11) is 1.48. The van der Waals surface area contributed by atoms with E-state index in [-0.39, 0.29) is 28.5 Å². The number of hydrogen-bond acceptors (Lipinski definition) is 7. The Morgan fingerprint density at radius 1 is 1.29 bits per heavy atom. The van der Waals surface area contributed by atoms with Crippen molar-refractivity contribution >= 4 is 22.7 Å². The summed E-state index contributed by atoms with van der Waals surface area (Å²) in [4.78, 5) is 25.1. The van der Waals surface area contributed by atoms with E-state index in [4.69, 9.17) is 10.5 Å². The zero-order valence-corrected chi connectivity index (χ0v) is 17.1. The number of halogens is 1. The number of thioether (sulfide) groups is 1. The second-order valence-corrected chi connectivity index (χ2v) is 9.35. The van der Waals surface area contributed by atoms with E-state index in [0.717, 1.165) is 0 Å². The number of aromatic nitrogens is 2. The number of ketones is 1. The normalized spacial score (nSPS) is 21.1. The largest absolute Gasteiger partial charge is 0.480 e. The lowest BCUT2D eigenvalue weighted by atomic mass is 9.82. The number of methoxy groups -OCH3 is 1. The average molecular weight is 402 g/mol. The van der Waals surface area contributed by atoms with Crippen molar-refractivity contribution < 1.29 is 13.9 Å². The summed E-state index contributed by atoms with van der Waals surface area (Å²) in [5.41, 5.74) is 6.57. The zero-order valence-electron chi connectivity index (χ0n) is 16.3. The second kappa shape index (κ2) is 7.50. The third-order valence-corrected chi connectivity index (χ3v) is 5.60. The number of nitrogens with zero attached hydrogens (tertiary/aromatic N) is 3. The second-order valence-electron chi connectivity index (χ2n) is 7.62. The number of rotatable bonds is 5. The summed E-state index contributed by atoms with van der Waals surface area (Å²) in [6.45, 7) is 6.00. The van der Waals surface area contributed by atoms with Crippen LogP contribution in [-0.4, -0.2) is 32.8 Å². The highest BCUT2D eigenvalue weighted by atomic mass is 32.2. The van der Waals surface area contributed by atoms with Crippen LogP contribution in [0.5, 0.6) is 5.88 Å². The van der Waals surface area contributed by atoms with Crippen molar-refractivity contribution in [3.8, 4) is 5.88 Å². The topological polar surface area (TPSA) is 90.5 Å². The summed E-state index contributed by atoms with van der Waals surface area (Å²) in [6, 6.07) is 4.68. The van der Waals surface area contributed by atoms with Crippen LogP contribution >= 0.6 is 11.8 Å². The molecule has 8 heteroatoms. The molecule has 2 N–H and O–H groups in total.